The Hall–Kier alpha value is -0.580. The molecule has 18 heavy (non-hydrogen) atoms. The summed E-state index contributed by atoms with van der Waals surface area (Å²) in [6, 6.07) is 0. The molecule has 0 unspecified atom stereocenters. The zero-order chi connectivity index (χ0) is 13.0. The zero-order valence-corrected chi connectivity index (χ0v) is 12.1. The summed E-state index contributed by atoms with van der Waals surface area (Å²) >= 11 is 6.27. The molecule has 1 aliphatic heterocycles. The quantitative estimate of drug-likeness (QED) is 0.883. The molecular weight excluding hydrogens is 248 g/mol. The van der Waals surface area contributed by atoms with Crippen LogP contribution in [0.15, 0.2) is 6.20 Å². The normalized spacial score (nSPS) is 17.6. The molecule has 1 aromatic heterocycles. The fourth-order valence-electron chi connectivity index (χ4n) is 2.44. The van der Waals surface area contributed by atoms with Crippen LogP contribution in [0.4, 0.5) is 0 Å². The van der Waals surface area contributed by atoms with Crippen LogP contribution in [-0.2, 0) is 13.0 Å². The third kappa shape index (κ3) is 3.70. The Morgan fingerprint density at radius 1 is 1.44 bits per heavy atom. The van der Waals surface area contributed by atoms with Crippen LogP contribution in [0.5, 0.6) is 0 Å². The molecular formula is C13H23ClN4. The van der Waals surface area contributed by atoms with Crippen LogP contribution in [0.25, 0.3) is 0 Å². The Labute approximate surface area is 114 Å². The van der Waals surface area contributed by atoms with E-state index in [4.69, 9.17) is 11.6 Å². The van der Waals surface area contributed by atoms with Crippen molar-refractivity contribution in [2.45, 2.75) is 25.8 Å². The van der Waals surface area contributed by atoms with Crippen molar-refractivity contribution in [3.63, 3.8) is 0 Å². The zero-order valence-electron chi connectivity index (χ0n) is 11.3. The van der Waals surface area contributed by atoms with Gasteiger partial charge in [0.05, 0.1) is 23.5 Å². The molecule has 0 amide bonds. The monoisotopic (exact) mass is 270 g/mol. The molecule has 102 valence electrons. The first kappa shape index (κ1) is 13.8. The smallest absolute Gasteiger partial charge is 0.0817 e. The van der Waals surface area contributed by atoms with Crippen LogP contribution in [0.2, 0.25) is 5.02 Å². The molecule has 0 aliphatic carbocycles. The summed E-state index contributed by atoms with van der Waals surface area (Å²) in [6.07, 6.45) is 5.34. The molecule has 5 heteroatoms. The summed E-state index contributed by atoms with van der Waals surface area (Å²) in [5, 5.41) is 8.62. The van der Waals surface area contributed by atoms with E-state index in [0.717, 1.165) is 43.5 Å². The van der Waals surface area contributed by atoms with E-state index in [1.54, 1.807) is 6.20 Å². The van der Waals surface area contributed by atoms with Crippen molar-refractivity contribution in [2.24, 2.45) is 5.92 Å². The molecule has 0 radical (unpaired) electrons. The van der Waals surface area contributed by atoms with Crippen molar-refractivity contribution in [1.82, 2.24) is 20.0 Å². The van der Waals surface area contributed by atoms with Crippen molar-refractivity contribution < 1.29 is 0 Å². The lowest BCUT2D eigenvalue weighted by molar-refractivity contribution is 0.347. The van der Waals surface area contributed by atoms with Crippen LogP contribution >= 0.6 is 11.6 Å². The van der Waals surface area contributed by atoms with Gasteiger partial charge in [0.15, 0.2) is 0 Å². The summed E-state index contributed by atoms with van der Waals surface area (Å²) in [5.41, 5.74) is 1.21. The minimum absolute atomic E-state index is 0.749. The van der Waals surface area contributed by atoms with Gasteiger partial charge in [0.2, 0.25) is 0 Å². The first-order chi connectivity index (χ1) is 8.66. The Balaban J connectivity index is 1.99. The predicted octanol–water partition coefficient (Wildman–Crippen LogP) is 1.64. The third-order valence-corrected chi connectivity index (χ3v) is 3.91. The summed E-state index contributed by atoms with van der Waals surface area (Å²) < 4.78 is 2.07. The van der Waals surface area contributed by atoms with E-state index in [9.17, 15) is 0 Å². The molecule has 0 saturated carbocycles. The van der Waals surface area contributed by atoms with Gasteiger partial charge in [-0.2, -0.15) is 5.10 Å². The Bertz CT molecular complexity index is 369. The highest BCUT2D eigenvalue weighted by Gasteiger charge is 2.18. The van der Waals surface area contributed by atoms with E-state index in [-0.39, 0.29) is 0 Å². The fourth-order valence-corrected chi connectivity index (χ4v) is 2.66. The molecule has 0 spiro atoms. The Kier molecular flexibility index (Phi) is 5.03. The lowest BCUT2D eigenvalue weighted by Gasteiger charge is -2.23. The number of piperidine rings is 1. The molecule has 0 atom stereocenters. The van der Waals surface area contributed by atoms with Crippen LogP contribution in [0.1, 0.15) is 18.5 Å². The second kappa shape index (κ2) is 6.55. The minimum atomic E-state index is 0.749. The van der Waals surface area contributed by atoms with Crippen LogP contribution in [-0.4, -0.2) is 48.4 Å². The predicted molar refractivity (Wildman–Crippen MR) is 75.1 cm³/mol. The highest BCUT2D eigenvalue weighted by molar-refractivity contribution is 6.31. The maximum atomic E-state index is 6.27. The molecule has 0 aromatic carbocycles. The molecule has 1 aliphatic rings. The van der Waals surface area contributed by atoms with Gasteiger partial charge in [-0.1, -0.05) is 11.6 Å². The van der Waals surface area contributed by atoms with Crippen molar-refractivity contribution in [1.29, 1.82) is 0 Å². The lowest BCUT2D eigenvalue weighted by Crippen LogP contribution is -2.29. The van der Waals surface area contributed by atoms with Gasteiger partial charge in [0, 0.05) is 6.54 Å². The van der Waals surface area contributed by atoms with E-state index in [1.807, 2.05) is 0 Å². The van der Waals surface area contributed by atoms with Gasteiger partial charge in [-0.05, 0) is 52.4 Å². The van der Waals surface area contributed by atoms with Crippen LogP contribution in [0, 0.1) is 5.92 Å². The number of aromatic nitrogens is 2. The summed E-state index contributed by atoms with van der Waals surface area (Å²) in [6.45, 7) is 4.18. The molecule has 4 nitrogen and oxygen atoms in total. The standard InChI is InChI=1S/C13H23ClN4/c1-17(2)7-8-18-13(12(14)10-16-18)9-11-3-5-15-6-4-11/h10-11,15H,3-9H2,1-2H3. The molecule has 2 rings (SSSR count). The number of rotatable bonds is 5. The van der Waals surface area contributed by atoms with Gasteiger partial charge < -0.3 is 10.2 Å². The minimum Gasteiger partial charge on any atom is -0.317 e. The summed E-state index contributed by atoms with van der Waals surface area (Å²) in [7, 11) is 4.16. The fraction of sp³-hybridized carbons (Fsp3) is 0.769. The second-order valence-corrected chi connectivity index (χ2v) is 5.77. The first-order valence-electron chi connectivity index (χ1n) is 6.72. The largest absolute Gasteiger partial charge is 0.317 e. The Morgan fingerprint density at radius 3 is 2.83 bits per heavy atom. The van der Waals surface area contributed by atoms with Gasteiger partial charge in [-0.3, -0.25) is 4.68 Å². The van der Waals surface area contributed by atoms with E-state index < -0.39 is 0 Å². The van der Waals surface area contributed by atoms with Gasteiger partial charge in [0.25, 0.3) is 0 Å². The molecule has 2 heterocycles. The Morgan fingerprint density at radius 2 is 2.17 bits per heavy atom. The number of hydrogen-bond acceptors (Lipinski definition) is 3. The van der Waals surface area contributed by atoms with E-state index in [2.05, 4.69) is 34.1 Å². The van der Waals surface area contributed by atoms with E-state index in [0.29, 0.717) is 0 Å². The second-order valence-electron chi connectivity index (χ2n) is 5.36. The van der Waals surface area contributed by atoms with Crippen LogP contribution in [0.3, 0.4) is 0 Å². The summed E-state index contributed by atoms with van der Waals surface area (Å²) in [4.78, 5) is 2.17. The number of likely N-dealkylation sites (N-methyl/N-ethyl adjacent to an activating group) is 1. The molecule has 1 saturated heterocycles. The summed E-state index contributed by atoms with van der Waals surface area (Å²) in [5.74, 6) is 0.749. The molecule has 1 fully saturated rings. The third-order valence-electron chi connectivity index (χ3n) is 3.60. The van der Waals surface area contributed by atoms with Gasteiger partial charge >= 0.3 is 0 Å². The average Bonchev–Trinajstić information content (AvgIpc) is 2.70. The average molecular weight is 271 g/mol. The van der Waals surface area contributed by atoms with Crippen molar-refractivity contribution in [3.8, 4) is 0 Å². The van der Waals surface area contributed by atoms with Crippen molar-refractivity contribution in [3.05, 3.63) is 16.9 Å². The van der Waals surface area contributed by atoms with Crippen molar-refractivity contribution in [2.75, 3.05) is 33.7 Å². The molecule has 1 aromatic rings. The highest BCUT2D eigenvalue weighted by atomic mass is 35.5. The van der Waals surface area contributed by atoms with E-state index in [1.165, 1.54) is 18.5 Å². The number of nitrogens with one attached hydrogen (secondary N) is 1. The SMILES string of the molecule is CN(C)CCn1ncc(Cl)c1CC1CCNCC1. The van der Waals surface area contributed by atoms with E-state index >= 15 is 0 Å². The molecule has 0 bridgehead atoms. The topological polar surface area (TPSA) is 33.1 Å². The number of halogens is 1. The van der Waals surface area contributed by atoms with Gasteiger partial charge in [-0.15, -0.1) is 0 Å². The highest BCUT2D eigenvalue weighted by Crippen LogP contribution is 2.23. The van der Waals surface area contributed by atoms with Crippen molar-refractivity contribution >= 4 is 11.6 Å². The van der Waals surface area contributed by atoms with Gasteiger partial charge in [0.1, 0.15) is 0 Å². The molecule has 1 N–H and O–H groups in total. The maximum absolute atomic E-state index is 6.27. The lowest BCUT2D eigenvalue weighted by atomic mass is 9.93. The van der Waals surface area contributed by atoms with Gasteiger partial charge in [-0.25, -0.2) is 0 Å². The maximum Gasteiger partial charge on any atom is 0.0817 e. The first-order valence-corrected chi connectivity index (χ1v) is 7.10. The van der Waals surface area contributed by atoms with Crippen LogP contribution < -0.4 is 5.32 Å². The number of hydrogen-bond donors (Lipinski definition) is 1. The number of nitrogens with zero attached hydrogens (tertiary/aromatic N) is 3.